The van der Waals surface area contributed by atoms with Gasteiger partial charge in [-0.1, -0.05) is 32.0 Å². The molecule has 0 amide bonds. The standard InChI is InChI=1S/C11H15/c1-4-10-6-7-11(5-2)9(3)8-10/h6-8H,3-5H2,1-2H3. The van der Waals surface area contributed by atoms with E-state index in [1.54, 1.807) is 0 Å². The third-order valence-electron chi connectivity index (χ3n) is 2.06. The van der Waals surface area contributed by atoms with E-state index in [-0.39, 0.29) is 0 Å². The highest BCUT2D eigenvalue weighted by Gasteiger charge is 1.95. The Kier molecular flexibility index (Phi) is 2.70. The van der Waals surface area contributed by atoms with E-state index in [2.05, 4.69) is 39.0 Å². The fourth-order valence-electron chi connectivity index (χ4n) is 1.24. The van der Waals surface area contributed by atoms with Crippen molar-refractivity contribution in [3.05, 3.63) is 41.8 Å². The van der Waals surface area contributed by atoms with Crippen molar-refractivity contribution in [3.63, 3.8) is 0 Å². The Hall–Kier alpha value is -0.780. The van der Waals surface area contributed by atoms with Gasteiger partial charge in [0.05, 0.1) is 0 Å². The molecule has 0 heterocycles. The van der Waals surface area contributed by atoms with Crippen molar-refractivity contribution >= 4 is 0 Å². The van der Waals surface area contributed by atoms with Crippen molar-refractivity contribution in [1.29, 1.82) is 0 Å². The first-order valence-electron chi connectivity index (χ1n) is 4.21. The number of benzene rings is 1. The van der Waals surface area contributed by atoms with Crippen LogP contribution in [0.1, 0.15) is 30.5 Å². The fourth-order valence-corrected chi connectivity index (χ4v) is 1.24. The van der Waals surface area contributed by atoms with E-state index in [4.69, 9.17) is 0 Å². The van der Waals surface area contributed by atoms with Crippen molar-refractivity contribution in [1.82, 2.24) is 0 Å². The molecule has 0 aliphatic rings. The van der Waals surface area contributed by atoms with Gasteiger partial charge in [-0.05, 0) is 36.5 Å². The molecule has 0 saturated heterocycles. The van der Waals surface area contributed by atoms with E-state index in [0.717, 1.165) is 12.8 Å². The lowest BCUT2D eigenvalue weighted by molar-refractivity contribution is 1.09. The summed E-state index contributed by atoms with van der Waals surface area (Å²) < 4.78 is 0. The molecule has 0 aromatic heterocycles. The van der Waals surface area contributed by atoms with Gasteiger partial charge < -0.3 is 0 Å². The minimum absolute atomic E-state index is 1.09. The Balaban J connectivity index is 2.99. The molecule has 59 valence electrons. The summed E-state index contributed by atoms with van der Waals surface area (Å²) in [6.07, 6.45) is 2.19. The molecule has 0 nitrogen and oxygen atoms in total. The van der Waals surface area contributed by atoms with E-state index in [1.165, 1.54) is 16.7 Å². The van der Waals surface area contributed by atoms with Gasteiger partial charge in [0.25, 0.3) is 0 Å². The molecule has 0 heteroatoms. The van der Waals surface area contributed by atoms with Crippen LogP contribution >= 0.6 is 0 Å². The van der Waals surface area contributed by atoms with E-state index >= 15 is 0 Å². The third-order valence-corrected chi connectivity index (χ3v) is 2.06. The first-order valence-corrected chi connectivity index (χ1v) is 4.21. The van der Waals surface area contributed by atoms with Gasteiger partial charge in [-0.3, -0.25) is 0 Å². The summed E-state index contributed by atoms with van der Waals surface area (Å²) in [7, 11) is 0. The predicted molar refractivity (Wildman–Crippen MR) is 49.7 cm³/mol. The normalized spacial score (nSPS) is 10.1. The quantitative estimate of drug-likeness (QED) is 0.603. The lowest BCUT2D eigenvalue weighted by Crippen LogP contribution is -1.88. The van der Waals surface area contributed by atoms with E-state index in [9.17, 15) is 0 Å². The van der Waals surface area contributed by atoms with Crippen LogP contribution in [0.25, 0.3) is 0 Å². The minimum Gasteiger partial charge on any atom is -0.0613 e. The predicted octanol–water partition coefficient (Wildman–Crippen LogP) is 2.99. The van der Waals surface area contributed by atoms with Crippen molar-refractivity contribution in [3.8, 4) is 0 Å². The van der Waals surface area contributed by atoms with Crippen LogP contribution in [0, 0.1) is 6.92 Å². The average Bonchev–Trinajstić information content (AvgIpc) is 2.04. The summed E-state index contributed by atoms with van der Waals surface area (Å²) in [6, 6.07) is 6.55. The molecular formula is C11H15. The molecule has 1 rings (SSSR count). The molecule has 0 atom stereocenters. The zero-order valence-electron chi connectivity index (χ0n) is 7.35. The molecule has 11 heavy (non-hydrogen) atoms. The largest absolute Gasteiger partial charge is 0.0613 e. The molecule has 1 radical (unpaired) electrons. The first-order chi connectivity index (χ1) is 5.27. The maximum absolute atomic E-state index is 4.00. The Labute approximate surface area is 69.3 Å². The van der Waals surface area contributed by atoms with Crippen LogP contribution in [0.5, 0.6) is 0 Å². The van der Waals surface area contributed by atoms with E-state index in [0.29, 0.717) is 0 Å². The number of rotatable bonds is 2. The highest BCUT2D eigenvalue weighted by molar-refractivity contribution is 5.33. The second kappa shape index (κ2) is 3.56. The Bertz CT molecular complexity index is 236. The van der Waals surface area contributed by atoms with Crippen LogP contribution < -0.4 is 0 Å². The van der Waals surface area contributed by atoms with Crippen LogP contribution in [-0.4, -0.2) is 0 Å². The van der Waals surface area contributed by atoms with Crippen molar-refractivity contribution < 1.29 is 0 Å². The summed E-state index contributed by atoms with van der Waals surface area (Å²) in [4.78, 5) is 0. The molecule has 0 aliphatic heterocycles. The molecule has 1 aromatic rings. The average molecular weight is 147 g/mol. The minimum atomic E-state index is 1.09. The summed E-state index contributed by atoms with van der Waals surface area (Å²) in [6.45, 7) is 8.33. The first kappa shape index (κ1) is 8.32. The smallest absolute Gasteiger partial charge is 0.0235 e. The molecule has 0 N–H and O–H groups in total. The lowest BCUT2D eigenvalue weighted by Gasteiger charge is -2.03. The topological polar surface area (TPSA) is 0 Å². The Morgan fingerprint density at radius 3 is 2.36 bits per heavy atom. The van der Waals surface area contributed by atoms with Gasteiger partial charge in [0.15, 0.2) is 0 Å². The van der Waals surface area contributed by atoms with Gasteiger partial charge in [0.2, 0.25) is 0 Å². The van der Waals surface area contributed by atoms with Gasteiger partial charge in [0, 0.05) is 0 Å². The van der Waals surface area contributed by atoms with Crippen molar-refractivity contribution in [2.75, 3.05) is 0 Å². The van der Waals surface area contributed by atoms with E-state index < -0.39 is 0 Å². The zero-order valence-corrected chi connectivity index (χ0v) is 7.35. The number of hydrogen-bond acceptors (Lipinski definition) is 0. The Morgan fingerprint density at radius 1 is 1.18 bits per heavy atom. The maximum atomic E-state index is 4.00. The summed E-state index contributed by atoms with van der Waals surface area (Å²) >= 11 is 0. The van der Waals surface area contributed by atoms with Crippen LogP contribution in [0.4, 0.5) is 0 Å². The van der Waals surface area contributed by atoms with Gasteiger partial charge in [-0.2, -0.15) is 0 Å². The van der Waals surface area contributed by atoms with Crippen molar-refractivity contribution in [2.24, 2.45) is 0 Å². The molecule has 0 spiro atoms. The molecule has 1 aromatic carbocycles. The number of aryl methyl sites for hydroxylation is 2. The maximum Gasteiger partial charge on any atom is -0.0235 e. The summed E-state index contributed by atoms with van der Waals surface area (Å²) in [5.74, 6) is 0. The van der Waals surface area contributed by atoms with Crippen LogP contribution in [0.15, 0.2) is 18.2 Å². The third kappa shape index (κ3) is 1.83. The second-order valence-electron chi connectivity index (χ2n) is 2.81. The number of hydrogen-bond donors (Lipinski definition) is 0. The zero-order chi connectivity index (χ0) is 8.27. The monoisotopic (exact) mass is 147 g/mol. The highest BCUT2D eigenvalue weighted by atomic mass is 14.0. The van der Waals surface area contributed by atoms with Gasteiger partial charge in [-0.15, -0.1) is 0 Å². The molecule has 0 aliphatic carbocycles. The molecule has 0 bridgehead atoms. The van der Waals surface area contributed by atoms with Crippen LogP contribution in [0.2, 0.25) is 0 Å². The van der Waals surface area contributed by atoms with Crippen molar-refractivity contribution in [2.45, 2.75) is 26.7 Å². The van der Waals surface area contributed by atoms with E-state index in [1.807, 2.05) is 0 Å². The molecule has 0 fully saturated rings. The summed E-state index contributed by atoms with van der Waals surface area (Å²) in [5.41, 5.74) is 3.93. The fraction of sp³-hybridized carbons (Fsp3) is 0.364. The summed E-state index contributed by atoms with van der Waals surface area (Å²) in [5, 5.41) is 0. The lowest BCUT2D eigenvalue weighted by atomic mass is 10.0. The SMILES string of the molecule is [CH2]c1cc(CC)ccc1CC. The molecular weight excluding hydrogens is 132 g/mol. The van der Waals surface area contributed by atoms with Crippen LogP contribution in [0.3, 0.4) is 0 Å². The molecule has 0 unspecified atom stereocenters. The van der Waals surface area contributed by atoms with Gasteiger partial charge >= 0.3 is 0 Å². The Morgan fingerprint density at radius 2 is 1.91 bits per heavy atom. The van der Waals surface area contributed by atoms with Crippen LogP contribution in [-0.2, 0) is 12.8 Å². The van der Waals surface area contributed by atoms with Gasteiger partial charge in [0.1, 0.15) is 0 Å². The second-order valence-corrected chi connectivity index (χ2v) is 2.81. The highest BCUT2D eigenvalue weighted by Crippen LogP contribution is 2.11. The van der Waals surface area contributed by atoms with Gasteiger partial charge in [-0.25, -0.2) is 0 Å². The molecule has 0 saturated carbocycles.